The number of hydrogen-bond donors (Lipinski definition) is 3. The number of hydrogen-bond acceptors (Lipinski definition) is 2. The molecule has 1 rings (SSSR count). The first-order chi connectivity index (χ1) is 8.32. The van der Waals surface area contributed by atoms with Crippen molar-refractivity contribution >= 4 is 6.03 Å². The molecule has 7 heteroatoms. The molecular weight excluding hydrogens is 249 g/mol. The lowest BCUT2D eigenvalue weighted by molar-refractivity contribution is -0.183. The van der Waals surface area contributed by atoms with E-state index in [0.717, 1.165) is 0 Å². The monoisotopic (exact) mass is 268 g/mol. The number of urea groups is 1. The third-order valence-corrected chi connectivity index (χ3v) is 3.12. The second-order valence-corrected chi connectivity index (χ2v) is 4.80. The normalized spacial score (nSPS) is 26.5. The number of nitrogens with one attached hydrogen (secondary N) is 2. The standard InChI is InChI=1S/C11H19F3N2O2/c1-7(6-17)15-10(18)16-9-4-2-3-8(5-9)11(12,13)14/h7-9,17H,2-6H2,1H3,(H2,15,16,18). The Hall–Kier alpha value is -0.980. The van der Waals surface area contributed by atoms with Crippen molar-refractivity contribution in [3.63, 3.8) is 0 Å². The van der Waals surface area contributed by atoms with Crippen molar-refractivity contribution in [3.05, 3.63) is 0 Å². The van der Waals surface area contributed by atoms with Gasteiger partial charge < -0.3 is 15.7 Å². The van der Waals surface area contributed by atoms with Crippen LogP contribution in [0.4, 0.5) is 18.0 Å². The van der Waals surface area contributed by atoms with E-state index in [4.69, 9.17) is 5.11 Å². The van der Waals surface area contributed by atoms with Crippen molar-refractivity contribution in [2.24, 2.45) is 5.92 Å². The van der Waals surface area contributed by atoms with Crippen molar-refractivity contribution in [2.45, 2.75) is 50.9 Å². The van der Waals surface area contributed by atoms with Crippen LogP contribution in [0.5, 0.6) is 0 Å². The number of alkyl halides is 3. The number of rotatable bonds is 3. The Bertz CT molecular complexity index is 284. The van der Waals surface area contributed by atoms with Crippen LogP contribution in [0.3, 0.4) is 0 Å². The molecule has 0 radical (unpaired) electrons. The quantitative estimate of drug-likeness (QED) is 0.730. The van der Waals surface area contributed by atoms with E-state index in [-0.39, 0.29) is 19.4 Å². The van der Waals surface area contributed by atoms with E-state index in [0.29, 0.717) is 12.8 Å². The fourth-order valence-corrected chi connectivity index (χ4v) is 2.11. The van der Waals surface area contributed by atoms with E-state index >= 15 is 0 Å². The van der Waals surface area contributed by atoms with Gasteiger partial charge in [0.1, 0.15) is 0 Å². The first-order valence-corrected chi connectivity index (χ1v) is 6.07. The van der Waals surface area contributed by atoms with Gasteiger partial charge in [0.05, 0.1) is 18.6 Å². The van der Waals surface area contributed by atoms with Gasteiger partial charge in [-0.15, -0.1) is 0 Å². The highest BCUT2D eigenvalue weighted by Crippen LogP contribution is 2.37. The van der Waals surface area contributed by atoms with Gasteiger partial charge in [-0.3, -0.25) is 0 Å². The molecule has 2 amide bonds. The van der Waals surface area contributed by atoms with E-state index in [9.17, 15) is 18.0 Å². The van der Waals surface area contributed by atoms with Crippen LogP contribution in [0.2, 0.25) is 0 Å². The second-order valence-electron chi connectivity index (χ2n) is 4.80. The maximum atomic E-state index is 12.6. The van der Waals surface area contributed by atoms with Gasteiger partial charge in [0.25, 0.3) is 0 Å². The van der Waals surface area contributed by atoms with Gasteiger partial charge in [0, 0.05) is 6.04 Å². The highest BCUT2D eigenvalue weighted by atomic mass is 19.4. The Morgan fingerprint density at radius 2 is 2.11 bits per heavy atom. The molecule has 0 aromatic heterocycles. The Morgan fingerprint density at radius 1 is 1.44 bits per heavy atom. The van der Waals surface area contributed by atoms with E-state index in [1.165, 1.54) is 0 Å². The molecule has 1 aliphatic rings. The summed E-state index contributed by atoms with van der Waals surface area (Å²) in [6, 6.07) is -1.38. The Balaban J connectivity index is 2.41. The van der Waals surface area contributed by atoms with Crippen LogP contribution in [-0.2, 0) is 0 Å². The lowest BCUT2D eigenvalue weighted by atomic mass is 9.85. The number of amides is 2. The van der Waals surface area contributed by atoms with Crippen molar-refractivity contribution in [1.29, 1.82) is 0 Å². The number of halogens is 3. The van der Waals surface area contributed by atoms with E-state index in [2.05, 4.69) is 10.6 Å². The first-order valence-electron chi connectivity index (χ1n) is 6.07. The SMILES string of the molecule is CC(CO)NC(=O)NC1CCCC(C(F)(F)F)C1. The molecule has 0 bridgehead atoms. The molecule has 0 aromatic carbocycles. The minimum absolute atomic E-state index is 0.0651. The van der Waals surface area contributed by atoms with E-state index in [1.807, 2.05) is 0 Å². The average molecular weight is 268 g/mol. The van der Waals surface area contributed by atoms with Gasteiger partial charge in [-0.25, -0.2) is 4.79 Å². The third-order valence-electron chi connectivity index (χ3n) is 3.12. The van der Waals surface area contributed by atoms with E-state index in [1.54, 1.807) is 6.92 Å². The summed E-state index contributed by atoms with van der Waals surface area (Å²) < 4.78 is 37.7. The van der Waals surface area contributed by atoms with Crippen LogP contribution >= 0.6 is 0 Å². The van der Waals surface area contributed by atoms with Crippen molar-refractivity contribution in [1.82, 2.24) is 10.6 Å². The highest BCUT2D eigenvalue weighted by Gasteiger charge is 2.42. The van der Waals surface area contributed by atoms with Gasteiger partial charge in [-0.2, -0.15) is 13.2 Å². The predicted octanol–water partition coefficient (Wildman–Crippen LogP) is 1.79. The smallest absolute Gasteiger partial charge is 0.391 e. The molecule has 3 atom stereocenters. The molecule has 0 spiro atoms. The first kappa shape index (κ1) is 15.1. The Labute approximate surface area is 104 Å². The summed E-state index contributed by atoms with van der Waals surface area (Å²) in [5.41, 5.74) is 0. The molecule has 3 unspecified atom stereocenters. The number of aliphatic hydroxyl groups is 1. The summed E-state index contributed by atoms with van der Waals surface area (Å²) in [7, 11) is 0. The molecule has 106 valence electrons. The maximum absolute atomic E-state index is 12.6. The molecule has 1 saturated carbocycles. The van der Waals surface area contributed by atoms with Crippen molar-refractivity contribution in [2.75, 3.05) is 6.61 Å². The Morgan fingerprint density at radius 3 is 2.67 bits per heavy atom. The van der Waals surface area contributed by atoms with Crippen LogP contribution < -0.4 is 10.6 Å². The summed E-state index contributed by atoms with van der Waals surface area (Å²) >= 11 is 0. The fourth-order valence-electron chi connectivity index (χ4n) is 2.11. The van der Waals surface area contributed by atoms with Crippen molar-refractivity contribution < 1.29 is 23.1 Å². The molecule has 18 heavy (non-hydrogen) atoms. The molecule has 1 aliphatic carbocycles. The molecule has 0 heterocycles. The molecule has 1 fully saturated rings. The molecule has 0 aromatic rings. The largest absolute Gasteiger partial charge is 0.394 e. The number of carbonyl (C=O) groups excluding carboxylic acids is 1. The molecule has 0 saturated heterocycles. The summed E-state index contributed by atoms with van der Waals surface area (Å²) in [4.78, 5) is 11.4. The third kappa shape index (κ3) is 4.72. The predicted molar refractivity (Wildman–Crippen MR) is 60.0 cm³/mol. The topological polar surface area (TPSA) is 61.4 Å². The maximum Gasteiger partial charge on any atom is 0.391 e. The lowest BCUT2D eigenvalue weighted by Gasteiger charge is -2.31. The van der Waals surface area contributed by atoms with Gasteiger partial charge in [0.2, 0.25) is 0 Å². The number of aliphatic hydroxyl groups excluding tert-OH is 1. The Kier molecular flexibility index (Phi) is 5.25. The molecule has 0 aliphatic heterocycles. The zero-order valence-corrected chi connectivity index (χ0v) is 10.3. The molecule has 4 nitrogen and oxygen atoms in total. The van der Waals surface area contributed by atoms with Gasteiger partial charge in [-0.1, -0.05) is 6.42 Å². The van der Waals surface area contributed by atoms with Crippen LogP contribution in [0.1, 0.15) is 32.6 Å². The number of carbonyl (C=O) groups is 1. The zero-order chi connectivity index (χ0) is 13.8. The highest BCUT2D eigenvalue weighted by molar-refractivity contribution is 5.74. The summed E-state index contributed by atoms with van der Waals surface area (Å²) in [5, 5.41) is 13.7. The van der Waals surface area contributed by atoms with Crippen LogP contribution in [0, 0.1) is 5.92 Å². The molecular formula is C11H19F3N2O2. The average Bonchev–Trinajstić information content (AvgIpc) is 2.27. The lowest BCUT2D eigenvalue weighted by Crippen LogP contribution is -2.48. The van der Waals surface area contributed by atoms with Crippen LogP contribution in [-0.4, -0.2) is 36.0 Å². The molecule has 3 N–H and O–H groups in total. The van der Waals surface area contributed by atoms with Gasteiger partial charge in [-0.05, 0) is 26.2 Å². The van der Waals surface area contributed by atoms with Gasteiger partial charge >= 0.3 is 12.2 Å². The summed E-state index contributed by atoms with van der Waals surface area (Å²) in [6.45, 7) is 1.40. The van der Waals surface area contributed by atoms with Crippen LogP contribution in [0.15, 0.2) is 0 Å². The summed E-state index contributed by atoms with van der Waals surface area (Å²) in [5.74, 6) is -1.33. The summed E-state index contributed by atoms with van der Waals surface area (Å²) in [6.07, 6.45) is -3.09. The second kappa shape index (κ2) is 6.26. The minimum Gasteiger partial charge on any atom is -0.394 e. The van der Waals surface area contributed by atoms with Gasteiger partial charge in [0.15, 0.2) is 0 Å². The van der Waals surface area contributed by atoms with Crippen LogP contribution in [0.25, 0.3) is 0 Å². The van der Waals surface area contributed by atoms with Crippen molar-refractivity contribution in [3.8, 4) is 0 Å². The minimum atomic E-state index is -4.19. The fraction of sp³-hybridized carbons (Fsp3) is 0.909. The zero-order valence-electron chi connectivity index (χ0n) is 10.3. The van der Waals surface area contributed by atoms with E-state index < -0.39 is 30.2 Å².